The number of amides is 2. The van der Waals surface area contributed by atoms with Gasteiger partial charge in [-0.2, -0.15) is 5.10 Å². The van der Waals surface area contributed by atoms with Crippen LogP contribution < -0.4 is 10.6 Å². The number of hydrogen-bond donors (Lipinski definition) is 2. The number of carbonyl (C=O) groups is 1. The summed E-state index contributed by atoms with van der Waals surface area (Å²) in [7, 11) is 0. The van der Waals surface area contributed by atoms with Crippen LogP contribution in [0.1, 0.15) is 17.4 Å². The van der Waals surface area contributed by atoms with Crippen LogP contribution in [0.3, 0.4) is 0 Å². The topological polar surface area (TPSA) is 72.1 Å². The van der Waals surface area contributed by atoms with Gasteiger partial charge in [-0.1, -0.05) is 17.7 Å². The number of carbonyl (C=O) groups excluding carboxylic acids is 1. The van der Waals surface area contributed by atoms with Gasteiger partial charge in [-0.3, -0.25) is 4.68 Å². The van der Waals surface area contributed by atoms with E-state index in [2.05, 4.69) is 15.7 Å². The summed E-state index contributed by atoms with van der Waals surface area (Å²) >= 11 is 0. The van der Waals surface area contributed by atoms with Gasteiger partial charge in [0.15, 0.2) is 0 Å². The fourth-order valence-corrected chi connectivity index (χ4v) is 2.27. The first-order valence-electron chi connectivity index (χ1n) is 7.36. The van der Waals surface area contributed by atoms with Crippen molar-refractivity contribution in [3.05, 3.63) is 72.4 Å². The molecule has 118 valence electrons. The molecule has 0 aliphatic rings. The summed E-state index contributed by atoms with van der Waals surface area (Å²) in [6.07, 6.45) is 5.15. The van der Waals surface area contributed by atoms with E-state index in [1.807, 2.05) is 55.6 Å². The molecule has 0 aliphatic heterocycles. The summed E-state index contributed by atoms with van der Waals surface area (Å²) in [5.41, 5.74) is 1.90. The van der Waals surface area contributed by atoms with Gasteiger partial charge in [-0.15, -0.1) is 0 Å². The molecule has 23 heavy (non-hydrogen) atoms. The number of furan rings is 1. The number of aryl methyl sites for hydroxylation is 1. The first kappa shape index (κ1) is 14.9. The SMILES string of the molecule is Cc1ccc(NC(=O)NCC(c2ccco2)n2cccn2)cc1. The minimum absolute atomic E-state index is 0.191. The molecule has 0 radical (unpaired) electrons. The van der Waals surface area contributed by atoms with E-state index in [0.717, 1.165) is 17.0 Å². The Bertz CT molecular complexity index is 699. The summed E-state index contributed by atoms with van der Waals surface area (Å²) in [4.78, 5) is 12.1. The number of benzene rings is 1. The summed E-state index contributed by atoms with van der Waals surface area (Å²) in [6, 6.07) is 12.7. The Morgan fingerprint density at radius 3 is 2.74 bits per heavy atom. The van der Waals surface area contributed by atoms with Crippen molar-refractivity contribution in [1.82, 2.24) is 15.1 Å². The van der Waals surface area contributed by atoms with Crippen molar-refractivity contribution in [2.45, 2.75) is 13.0 Å². The third-order valence-corrected chi connectivity index (χ3v) is 3.48. The van der Waals surface area contributed by atoms with E-state index < -0.39 is 0 Å². The molecule has 1 unspecified atom stereocenters. The lowest BCUT2D eigenvalue weighted by atomic mass is 10.2. The highest BCUT2D eigenvalue weighted by Gasteiger charge is 2.17. The van der Waals surface area contributed by atoms with Gasteiger partial charge in [0.25, 0.3) is 0 Å². The second kappa shape index (κ2) is 6.83. The maximum absolute atomic E-state index is 12.1. The Morgan fingerprint density at radius 2 is 2.09 bits per heavy atom. The van der Waals surface area contributed by atoms with Crippen LogP contribution >= 0.6 is 0 Å². The highest BCUT2D eigenvalue weighted by Crippen LogP contribution is 2.17. The molecule has 0 bridgehead atoms. The smallest absolute Gasteiger partial charge is 0.319 e. The van der Waals surface area contributed by atoms with Gasteiger partial charge in [0, 0.05) is 24.6 Å². The molecule has 1 aromatic carbocycles. The zero-order valence-electron chi connectivity index (χ0n) is 12.8. The molecule has 2 heterocycles. The van der Waals surface area contributed by atoms with Gasteiger partial charge in [-0.05, 0) is 37.3 Å². The first-order chi connectivity index (χ1) is 11.2. The Balaban J connectivity index is 1.62. The third kappa shape index (κ3) is 3.79. The van der Waals surface area contributed by atoms with Crippen molar-refractivity contribution >= 4 is 11.7 Å². The molecular formula is C17H18N4O2. The number of rotatable bonds is 5. The molecule has 0 saturated heterocycles. The van der Waals surface area contributed by atoms with Crippen LogP contribution in [0.2, 0.25) is 0 Å². The Labute approximate surface area is 134 Å². The number of aromatic nitrogens is 2. The highest BCUT2D eigenvalue weighted by molar-refractivity contribution is 5.89. The van der Waals surface area contributed by atoms with Crippen LogP contribution in [-0.2, 0) is 0 Å². The Hall–Kier alpha value is -3.02. The van der Waals surface area contributed by atoms with Crippen LogP contribution in [0.15, 0.2) is 65.5 Å². The van der Waals surface area contributed by atoms with Crippen molar-refractivity contribution in [3.8, 4) is 0 Å². The van der Waals surface area contributed by atoms with E-state index in [0.29, 0.717) is 6.54 Å². The lowest BCUT2D eigenvalue weighted by Gasteiger charge is -2.16. The molecule has 0 saturated carbocycles. The normalized spacial score (nSPS) is 11.9. The summed E-state index contributed by atoms with van der Waals surface area (Å²) in [5.74, 6) is 0.740. The maximum atomic E-state index is 12.1. The first-order valence-corrected chi connectivity index (χ1v) is 7.36. The molecule has 1 atom stereocenters. The predicted octanol–water partition coefficient (Wildman–Crippen LogP) is 3.20. The lowest BCUT2D eigenvalue weighted by Crippen LogP contribution is -2.34. The van der Waals surface area contributed by atoms with E-state index in [-0.39, 0.29) is 12.1 Å². The summed E-state index contributed by atoms with van der Waals surface area (Å²) in [5, 5.41) is 9.89. The molecule has 2 amide bonds. The van der Waals surface area contributed by atoms with E-state index in [9.17, 15) is 4.79 Å². The fourth-order valence-electron chi connectivity index (χ4n) is 2.27. The van der Waals surface area contributed by atoms with Crippen molar-refractivity contribution in [2.75, 3.05) is 11.9 Å². The average molecular weight is 310 g/mol. The Kier molecular flexibility index (Phi) is 4.42. The van der Waals surface area contributed by atoms with Crippen LogP contribution in [0.25, 0.3) is 0 Å². The molecule has 3 aromatic rings. The molecule has 2 aromatic heterocycles. The van der Waals surface area contributed by atoms with Gasteiger partial charge < -0.3 is 15.1 Å². The van der Waals surface area contributed by atoms with Crippen molar-refractivity contribution < 1.29 is 9.21 Å². The number of hydrogen-bond acceptors (Lipinski definition) is 3. The quantitative estimate of drug-likeness (QED) is 0.760. The lowest BCUT2D eigenvalue weighted by molar-refractivity contribution is 0.250. The molecule has 0 spiro atoms. The Morgan fingerprint density at radius 1 is 1.26 bits per heavy atom. The fraction of sp³-hybridized carbons (Fsp3) is 0.176. The largest absolute Gasteiger partial charge is 0.467 e. The van der Waals surface area contributed by atoms with E-state index >= 15 is 0 Å². The van der Waals surface area contributed by atoms with Gasteiger partial charge >= 0.3 is 6.03 Å². The number of nitrogens with zero attached hydrogens (tertiary/aromatic N) is 2. The summed E-state index contributed by atoms with van der Waals surface area (Å²) in [6.45, 7) is 2.37. The summed E-state index contributed by atoms with van der Waals surface area (Å²) < 4.78 is 7.21. The standard InChI is InChI=1S/C17H18N4O2/c1-13-5-7-14(8-6-13)20-17(22)18-12-15(16-4-2-11-23-16)21-10-3-9-19-21/h2-11,15H,12H2,1H3,(H2,18,20,22). The minimum Gasteiger partial charge on any atom is -0.467 e. The molecule has 0 aliphatic carbocycles. The molecule has 0 fully saturated rings. The second-order valence-electron chi connectivity index (χ2n) is 5.22. The van der Waals surface area contributed by atoms with Crippen LogP contribution in [0.4, 0.5) is 10.5 Å². The van der Waals surface area contributed by atoms with Crippen LogP contribution in [-0.4, -0.2) is 22.4 Å². The molecular weight excluding hydrogens is 292 g/mol. The monoisotopic (exact) mass is 310 g/mol. The van der Waals surface area contributed by atoms with E-state index in [1.54, 1.807) is 17.1 Å². The van der Waals surface area contributed by atoms with Crippen LogP contribution in [0, 0.1) is 6.92 Å². The minimum atomic E-state index is -0.266. The van der Waals surface area contributed by atoms with Crippen molar-refractivity contribution in [2.24, 2.45) is 0 Å². The zero-order valence-corrected chi connectivity index (χ0v) is 12.8. The highest BCUT2D eigenvalue weighted by atomic mass is 16.3. The number of urea groups is 1. The van der Waals surface area contributed by atoms with Crippen molar-refractivity contribution in [3.63, 3.8) is 0 Å². The maximum Gasteiger partial charge on any atom is 0.319 e. The number of anilines is 1. The molecule has 6 nitrogen and oxygen atoms in total. The van der Waals surface area contributed by atoms with Gasteiger partial charge in [-0.25, -0.2) is 4.79 Å². The second-order valence-corrected chi connectivity index (χ2v) is 5.22. The third-order valence-electron chi connectivity index (χ3n) is 3.48. The van der Waals surface area contributed by atoms with Crippen molar-refractivity contribution in [1.29, 1.82) is 0 Å². The molecule has 3 rings (SSSR count). The average Bonchev–Trinajstić information content (AvgIpc) is 3.24. The van der Waals surface area contributed by atoms with Gasteiger partial charge in [0.05, 0.1) is 6.26 Å². The van der Waals surface area contributed by atoms with Gasteiger partial charge in [0.2, 0.25) is 0 Å². The van der Waals surface area contributed by atoms with Crippen LogP contribution in [0.5, 0.6) is 0 Å². The van der Waals surface area contributed by atoms with E-state index in [1.165, 1.54) is 0 Å². The predicted molar refractivity (Wildman–Crippen MR) is 87.3 cm³/mol. The molecule has 2 N–H and O–H groups in total. The van der Waals surface area contributed by atoms with E-state index in [4.69, 9.17) is 4.42 Å². The van der Waals surface area contributed by atoms with Gasteiger partial charge in [0.1, 0.15) is 11.8 Å². The molecule has 6 heteroatoms. The zero-order chi connectivity index (χ0) is 16.1. The number of nitrogens with one attached hydrogen (secondary N) is 2.